The van der Waals surface area contributed by atoms with E-state index < -0.39 is 0 Å². The molecule has 0 radical (unpaired) electrons. The van der Waals surface area contributed by atoms with Crippen molar-refractivity contribution in [1.29, 1.82) is 0 Å². The van der Waals surface area contributed by atoms with Crippen LogP contribution in [0.1, 0.15) is 49.7 Å². The van der Waals surface area contributed by atoms with Crippen LogP contribution in [0.4, 0.5) is 0 Å². The van der Waals surface area contributed by atoms with Crippen molar-refractivity contribution in [2.75, 3.05) is 32.8 Å². The summed E-state index contributed by atoms with van der Waals surface area (Å²) in [5, 5.41) is 0. The average Bonchev–Trinajstić information content (AvgIpc) is 3.23. The third kappa shape index (κ3) is 4.34. The smallest absolute Gasteiger partial charge is 0.0700 e. The maximum absolute atomic E-state index is 6.47. The predicted octanol–water partition coefficient (Wildman–Crippen LogP) is 4.91. The van der Waals surface area contributed by atoms with E-state index in [1.54, 1.807) is 0 Å². The molecule has 1 spiro atoms. The number of piperazine rings is 1. The first-order valence-corrected chi connectivity index (χ1v) is 11.9. The molecule has 0 amide bonds. The maximum atomic E-state index is 6.47. The van der Waals surface area contributed by atoms with E-state index in [9.17, 15) is 0 Å². The van der Waals surface area contributed by atoms with Gasteiger partial charge in [0.15, 0.2) is 0 Å². The van der Waals surface area contributed by atoms with E-state index in [0.717, 1.165) is 19.6 Å². The highest BCUT2D eigenvalue weighted by Gasteiger charge is 2.50. The van der Waals surface area contributed by atoms with Gasteiger partial charge in [0.25, 0.3) is 0 Å². The van der Waals surface area contributed by atoms with Crippen LogP contribution in [0.25, 0.3) is 0 Å². The summed E-state index contributed by atoms with van der Waals surface area (Å²) in [7, 11) is 0. The molecular weight excluding hydrogens is 368 g/mol. The second kappa shape index (κ2) is 8.82. The van der Waals surface area contributed by atoms with Gasteiger partial charge in [-0.05, 0) is 43.2 Å². The van der Waals surface area contributed by atoms with Crippen molar-refractivity contribution in [3.05, 3.63) is 71.8 Å². The van der Waals surface area contributed by atoms with Gasteiger partial charge in [-0.15, -0.1) is 0 Å². The standard InChI is InChI=1S/C27H36N2O/c1-3-9-24(10-4-1)21-26(15-20-30-27(23-26)13-7-8-14-27)29-18-16-28(17-19-29)22-25-11-5-2-6-12-25/h1-6,9-12H,7-8,13-23H2. The molecule has 3 fully saturated rings. The Morgan fingerprint density at radius 3 is 2.03 bits per heavy atom. The average molecular weight is 405 g/mol. The second-order valence-electron chi connectivity index (χ2n) is 9.80. The molecule has 2 heterocycles. The summed E-state index contributed by atoms with van der Waals surface area (Å²) < 4.78 is 6.47. The van der Waals surface area contributed by atoms with Crippen molar-refractivity contribution in [2.45, 2.75) is 62.6 Å². The Balaban J connectivity index is 1.32. The van der Waals surface area contributed by atoms with Gasteiger partial charge in [-0.3, -0.25) is 9.80 Å². The summed E-state index contributed by atoms with van der Waals surface area (Å²) in [6, 6.07) is 22.1. The Kier molecular flexibility index (Phi) is 5.95. The Morgan fingerprint density at radius 2 is 1.37 bits per heavy atom. The van der Waals surface area contributed by atoms with Crippen LogP contribution in [0.2, 0.25) is 0 Å². The Bertz CT molecular complexity index is 794. The van der Waals surface area contributed by atoms with Crippen LogP contribution in [0.15, 0.2) is 60.7 Å². The molecule has 2 saturated heterocycles. The molecule has 0 N–H and O–H groups in total. The molecule has 3 nitrogen and oxygen atoms in total. The highest BCUT2D eigenvalue weighted by atomic mass is 16.5. The minimum absolute atomic E-state index is 0.147. The zero-order valence-corrected chi connectivity index (χ0v) is 18.3. The van der Waals surface area contributed by atoms with E-state index in [2.05, 4.69) is 70.5 Å². The quantitative estimate of drug-likeness (QED) is 0.704. The van der Waals surface area contributed by atoms with Crippen molar-refractivity contribution < 1.29 is 4.74 Å². The predicted molar refractivity (Wildman–Crippen MR) is 123 cm³/mol. The van der Waals surface area contributed by atoms with Gasteiger partial charge in [0.05, 0.1) is 5.60 Å². The monoisotopic (exact) mass is 404 g/mol. The third-order valence-electron chi connectivity index (χ3n) is 7.81. The van der Waals surface area contributed by atoms with Crippen LogP contribution < -0.4 is 0 Å². The molecule has 0 bridgehead atoms. The fraction of sp³-hybridized carbons (Fsp3) is 0.556. The van der Waals surface area contributed by atoms with E-state index in [-0.39, 0.29) is 11.1 Å². The summed E-state index contributed by atoms with van der Waals surface area (Å²) in [5.41, 5.74) is 3.32. The van der Waals surface area contributed by atoms with Crippen LogP contribution in [0, 0.1) is 0 Å². The second-order valence-corrected chi connectivity index (χ2v) is 9.80. The first kappa shape index (κ1) is 20.2. The summed E-state index contributed by atoms with van der Waals surface area (Å²) in [6.45, 7) is 6.69. The number of benzene rings is 2. The highest BCUT2D eigenvalue weighted by molar-refractivity contribution is 5.20. The molecule has 1 saturated carbocycles. The van der Waals surface area contributed by atoms with Gasteiger partial charge in [-0.2, -0.15) is 0 Å². The summed E-state index contributed by atoms with van der Waals surface area (Å²) in [5.74, 6) is 0. The molecule has 30 heavy (non-hydrogen) atoms. The van der Waals surface area contributed by atoms with E-state index in [1.165, 1.54) is 75.8 Å². The zero-order chi connectivity index (χ0) is 20.3. The minimum Gasteiger partial charge on any atom is -0.375 e. The highest BCUT2D eigenvalue weighted by Crippen LogP contribution is 2.47. The van der Waals surface area contributed by atoms with Gasteiger partial charge >= 0.3 is 0 Å². The fourth-order valence-electron chi connectivity index (χ4n) is 6.27. The lowest BCUT2D eigenvalue weighted by molar-refractivity contribution is -0.141. The van der Waals surface area contributed by atoms with E-state index in [0.29, 0.717) is 0 Å². The lowest BCUT2D eigenvalue weighted by atomic mass is 9.73. The van der Waals surface area contributed by atoms with Crippen LogP contribution in [-0.2, 0) is 17.7 Å². The van der Waals surface area contributed by atoms with E-state index >= 15 is 0 Å². The number of nitrogens with zero attached hydrogens (tertiary/aromatic N) is 2. The molecule has 160 valence electrons. The molecule has 2 aromatic carbocycles. The van der Waals surface area contributed by atoms with Gasteiger partial charge in [0.1, 0.15) is 0 Å². The van der Waals surface area contributed by atoms with Crippen molar-refractivity contribution in [3.8, 4) is 0 Å². The SMILES string of the molecule is c1ccc(CN2CCN(C3(Cc4ccccc4)CCOC4(CCCC4)C3)CC2)cc1. The van der Waals surface area contributed by atoms with Gasteiger partial charge in [0, 0.05) is 44.9 Å². The van der Waals surface area contributed by atoms with Gasteiger partial charge in [-0.1, -0.05) is 73.5 Å². The van der Waals surface area contributed by atoms with E-state index in [1.807, 2.05) is 0 Å². The number of rotatable bonds is 5. The van der Waals surface area contributed by atoms with Gasteiger partial charge in [0.2, 0.25) is 0 Å². The van der Waals surface area contributed by atoms with Gasteiger partial charge in [-0.25, -0.2) is 0 Å². The molecule has 3 heteroatoms. The fourth-order valence-corrected chi connectivity index (χ4v) is 6.27. The van der Waals surface area contributed by atoms with Crippen molar-refractivity contribution in [3.63, 3.8) is 0 Å². The van der Waals surface area contributed by atoms with Crippen molar-refractivity contribution >= 4 is 0 Å². The Labute approximate surface area is 182 Å². The maximum Gasteiger partial charge on any atom is 0.0700 e. The van der Waals surface area contributed by atoms with Crippen LogP contribution in [0.5, 0.6) is 0 Å². The number of hydrogen-bond donors (Lipinski definition) is 0. The van der Waals surface area contributed by atoms with Gasteiger partial charge < -0.3 is 4.74 Å². The molecule has 3 aliphatic rings. The van der Waals surface area contributed by atoms with Crippen LogP contribution in [-0.4, -0.2) is 53.7 Å². The first-order valence-electron chi connectivity index (χ1n) is 11.9. The summed E-state index contributed by atoms with van der Waals surface area (Å²) >= 11 is 0. The Morgan fingerprint density at radius 1 is 0.733 bits per heavy atom. The molecule has 2 aromatic rings. The largest absolute Gasteiger partial charge is 0.375 e. The topological polar surface area (TPSA) is 15.7 Å². The normalized spacial score (nSPS) is 27.5. The lowest BCUT2D eigenvalue weighted by Crippen LogP contribution is -2.63. The van der Waals surface area contributed by atoms with E-state index in [4.69, 9.17) is 4.74 Å². The van der Waals surface area contributed by atoms with Crippen LogP contribution >= 0.6 is 0 Å². The summed E-state index contributed by atoms with van der Waals surface area (Å²) in [6.07, 6.45) is 8.75. The Hall–Kier alpha value is -1.68. The van der Waals surface area contributed by atoms with Crippen molar-refractivity contribution in [2.24, 2.45) is 0 Å². The number of ether oxygens (including phenoxy) is 1. The number of hydrogen-bond acceptors (Lipinski definition) is 3. The van der Waals surface area contributed by atoms with Crippen LogP contribution in [0.3, 0.4) is 0 Å². The first-order chi connectivity index (χ1) is 14.8. The molecule has 5 rings (SSSR count). The summed E-state index contributed by atoms with van der Waals surface area (Å²) in [4.78, 5) is 5.48. The van der Waals surface area contributed by atoms with Crippen molar-refractivity contribution in [1.82, 2.24) is 9.80 Å². The zero-order valence-electron chi connectivity index (χ0n) is 18.3. The molecule has 2 aliphatic heterocycles. The molecule has 1 atom stereocenters. The third-order valence-corrected chi connectivity index (χ3v) is 7.81. The molecule has 1 aliphatic carbocycles. The molecular formula is C27H36N2O. The molecule has 0 aromatic heterocycles. The molecule has 1 unspecified atom stereocenters. The minimum atomic E-state index is 0.147. The lowest BCUT2D eigenvalue weighted by Gasteiger charge is -2.54.